The highest BCUT2D eigenvalue weighted by Gasteiger charge is 2.57. The summed E-state index contributed by atoms with van der Waals surface area (Å²) in [4.78, 5) is 0. The number of sulfone groups is 1. The van der Waals surface area contributed by atoms with E-state index >= 15 is 0 Å². The van der Waals surface area contributed by atoms with Crippen LogP contribution in [0.25, 0.3) is 0 Å². The van der Waals surface area contributed by atoms with Crippen molar-refractivity contribution in [2.24, 2.45) is 0 Å². The lowest BCUT2D eigenvalue weighted by atomic mass is 10.0. The zero-order chi connectivity index (χ0) is 8.11. The highest BCUT2D eigenvalue weighted by molar-refractivity contribution is 7.91. The van der Waals surface area contributed by atoms with Gasteiger partial charge in [-0.3, -0.25) is 0 Å². The minimum Gasteiger partial charge on any atom is -0.365 e. The second kappa shape index (κ2) is 1.98. The van der Waals surface area contributed by atoms with Gasteiger partial charge in [0.25, 0.3) is 0 Å². The molecule has 2 heterocycles. The van der Waals surface area contributed by atoms with Gasteiger partial charge in [-0.25, -0.2) is 8.42 Å². The van der Waals surface area contributed by atoms with Gasteiger partial charge in [-0.05, 0) is 19.8 Å². The first-order valence-corrected chi connectivity index (χ1v) is 5.75. The molecule has 0 saturated carbocycles. The van der Waals surface area contributed by atoms with Crippen molar-refractivity contribution in [1.29, 1.82) is 0 Å². The van der Waals surface area contributed by atoms with Crippen LogP contribution in [0.2, 0.25) is 0 Å². The number of ether oxygens (including phenoxy) is 1. The zero-order valence-electron chi connectivity index (χ0n) is 6.54. The summed E-state index contributed by atoms with van der Waals surface area (Å²) in [5.41, 5.74) is -0.267. The van der Waals surface area contributed by atoms with Gasteiger partial charge >= 0.3 is 0 Å². The van der Waals surface area contributed by atoms with Gasteiger partial charge in [0.05, 0.1) is 17.6 Å². The van der Waals surface area contributed by atoms with Crippen molar-refractivity contribution in [2.75, 3.05) is 11.5 Å². The Kier molecular flexibility index (Phi) is 1.36. The number of hydrogen-bond acceptors (Lipinski definition) is 3. The van der Waals surface area contributed by atoms with Crippen LogP contribution in [0, 0.1) is 0 Å². The maximum Gasteiger partial charge on any atom is 0.153 e. The molecule has 0 radical (unpaired) electrons. The van der Waals surface area contributed by atoms with Crippen LogP contribution in [0.3, 0.4) is 0 Å². The lowest BCUT2D eigenvalue weighted by molar-refractivity contribution is 0.293. The molecule has 2 rings (SSSR count). The van der Waals surface area contributed by atoms with Crippen LogP contribution in [0.4, 0.5) is 0 Å². The molecule has 2 aliphatic rings. The predicted octanol–water partition coefficient (Wildman–Crippen LogP) is 0.353. The van der Waals surface area contributed by atoms with Gasteiger partial charge in [-0.15, -0.1) is 0 Å². The molecule has 2 atom stereocenters. The van der Waals surface area contributed by atoms with E-state index in [4.69, 9.17) is 4.74 Å². The van der Waals surface area contributed by atoms with Crippen molar-refractivity contribution in [3.05, 3.63) is 0 Å². The van der Waals surface area contributed by atoms with E-state index < -0.39 is 9.84 Å². The van der Waals surface area contributed by atoms with E-state index in [2.05, 4.69) is 0 Å². The van der Waals surface area contributed by atoms with E-state index in [1.165, 1.54) is 0 Å². The fourth-order valence-electron chi connectivity index (χ4n) is 1.84. The third-order valence-corrected chi connectivity index (χ3v) is 4.45. The Bertz CT molecular complexity index is 269. The maximum absolute atomic E-state index is 11.2. The minimum atomic E-state index is -2.79. The van der Waals surface area contributed by atoms with E-state index in [-0.39, 0.29) is 17.5 Å². The molecular formula is C7H12O3S. The topological polar surface area (TPSA) is 46.7 Å². The van der Waals surface area contributed by atoms with Gasteiger partial charge in [0.15, 0.2) is 9.84 Å². The van der Waals surface area contributed by atoms with Crippen LogP contribution in [0.1, 0.15) is 19.8 Å². The molecule has 2 aliphatic heterocycles. The van der Waals surface area contributed by atoms with Crippen molar-refractivity contribution in [1.82, 2.24) is 0 Å². The summed E-state index contributed by atoms with van der Waals surface area (Å²) in [6, 6.07) is 0. The monoisotopic (exact) mass is 176 g/mol. The van der Waals surface area contributed by atoms with Crippen molar-refractivity contribution in [3.8, 4) is 0 Å². The average Bonchev–Trinajstić information content (AvgIpc) is 2.38. The molecule has 0 amide bonds. The normalized spacial score (nSPS) is 47.5. The van der Waals surface area contributed by atoms with E-state index in [0.717, 1.165) is 12.8 Å². The highest BCUT2D eigenvalue weighted by atomic mass is 32.2. The molecule has 11 heavy (non-hydrogen) atoms. The molecule has 0 aliphatic carbocycles. The van der Waals surface area contributed by atoms with E-state index in [0.29, 0.717) is 5.75 Å². The molecule has 0 aromatic heterocycles. The van der Waals surface area contributed by atoms with Crippen LogP contribution < -0.4 is 0 Å². The van der Waals surface area contributed by atoms with Crippen LogP contribution in [0.5, 0.6) is 0 Å². The summed E-state index contributed by atoms with van der Waals surface area (Å²) in [7, 11) is -2.79. The fraction of sp³-hybridized carbons (Fsp3) is 1.00. The number of rotatable bonds is 0. The Morgan fingerprint density at radius 3 is 2.55 bits per heavy atom. The molecule has 2 saturated heterocycles. The summed E-state index contributed by atoms with van der Waals surface area (Å²) in [6.07, 6.45) is 1.86. The zero-order valence-corrected chi connectivity index (χ0v) is 7.36. The molecule has 0 bridgehead atoms. The Balaban J connectivity index is 2.18. The first kappa shape index (κ1) is 7.55. The summed E-state index contributed by atoms with van der Waals surface area (Å²) < 4.78 is 27.6. The predicted molar refractivity (Wildman–Crippen MR) is 41.2 cm³/mol. The largest absolute Gasteiger partial charge is 0.365 e. The first-order chi connectivity index (χ1) is 5.04. The van der Waals surface area contributed by atoms with Gasteiger partial charge in [0.2, 0.25) is 0 Å². The summed E-state index contributed by atoms with van der Waals surface area (Å²) >= 11 is 0. The molecule has 0 aromatic carbocycles. The van der Waals surface area contributed by atoms with Crippen LogP contribution in [0.15, 0.2) is 0 Å². The second-order valence-corrected chi connectivity index (χ2v) is 5.70. The van der Waals surface area contributed by atoms with Gasteiger partial charge in [-0.1, -0.05) is 0 Å². The van der Waals surface area contributed by atoms with Gasteiger partial charge in [-0.2, -0.15) is 0 Å². The van der Waals surface area contributed by atoms with Crippen molar-refractivity contribution in [3.63, 3.8) is 0 Å². The molecule has 2 unspecified atom stereocenters. The number of hydrogen-bond donors (Lipinski definition) is 0. The lowest BCUT2D eigenvalue weighted by Gasteiger charge is -2.18. The molecular weight excluding hydrogens is 164 g/mol. The van der Waals surface area contributed by atoms with Crippen LogP contribution in [-0.4, -0.2) is 31.6 Å². The van der Waals surface area contributed by atoms with Gasteiger partial charge in [0.1, 0.15) is 5.60 Å². The Hall–Kier alpha value is -0.0900. The molecule has 4 heteroatoms. The smallest absolute Gasteiger partial charge is 0.153 e. The SMILES string of the molecule is CC1OC12CCCS(=O)(=O)C2. The average molecular weight is 176 g/mol. The highest BCUT2D eigenvalue weighted by Crippen LogP contribution is 2.44. The summed E-state index contributed by atoms with van der Waals surface area (Å²) in [6.45, 7) is 1.95. The molecule has 3 nitrogen and oxygen atoms in total. The fourth-order valence-corrected chi connectivity index (χ4v) is 3.76. The minimum absolute atomic E-state index is 0.164. The lowest BCUT2D eigenvalue weighted by Crippen LogP contribution is -2.33. The van der Waals surface area contributed by atoms with Crippen LogP contribution >= 0.6 is 0 Å². The second-order valence-electron chi connectivity index (χ2n) is 3.52. The Morgan fingerprint density at radius 1 is 1.55 bits per heavy atom. The molecule has 1 spiro atoms. The Morgan fingerprint density at radius 2 is 2.18 bits per heavy atom. The Labute approximate surface area is 66.7 Å². The van der Waals surface area contributed by atoms with Crippen molar-refractivity contribution in [2.45, 2.75) is 31.5 Å². The summed E-state index contributed by atoms with van der Waals surface area (Å²) in [5.74, 6) is 0.603. The van der Waals surface area contributed by atoms with E-state index in [1.54, 1.807) is 0 Å². The third-order valence-electron chi connectivity index (χ3n) is 2.61. The van der Waals surface area contributed by atoms with Crippen LogP contribution in [-0.2, 0) is 14.6 Å². The standard InChI is InChI=1S/C7H12O3S/c1-6-7(10-6)3-2-4-11(8,9)5-7/h6H,2-5H2,1H3. The van der Waals surface area contributed by atoms with Crippen molar-refractivity contribution < 1.29 is 13.2 Å². The first-order valence-electron chi connectivity index (χ1n) is 3.92. The van der Waals surface area contributed by atoms with Crippen molar-refractivity contribution >= 4 is 9.84 Å². The van der Waals surface area contributed by atoms with Gasteiger partial charge < -0.3 is 4.74 Å². The molecule has 64 valence electrons. The summed E-state index contributed by atoms with van der Waals surface area (Å²) in [5, 5.41) is 0. The van der Waals surface area contributed by atoms with E-state index in [9.17, 15) is 8.42 Å². The molecule has 0 N–H and O–H groups in total. The molecule has 2 fully saturated rings. The quantitative estimate of drug-likeness (QED) is 0.500. The maximum atomic E-state index is 11.2. The number of epoxide rings is 1. The third kappa shape index (κ3) is 1.18. The van der Waals surface area contributed by atoms with E-state index in [1.807, 2.05) is 6.92 Å². The van der Waals surface area contributed by atoms with Gasteiger partial charge in [0, 0.05) is 0 Å². The molecule has 0 aromatic rings.